The van der Waals surface area contributed by atoms with Crippen LogP contribution in [0.3, 0.4) is 0 Å². The largest absolute Gasteiger partial charge is 0.481 e. The van der Waals surface area contributed by atoms with Crippen LogP contribution in [0.4, 0.5) is 4.39 Å². The highest BCUT2D eigenvalue weighted by atomic mass is 35.5. The van der Waals surface area contributed by atoms with E-state index in [4.69, 9.17) is 11.6 Å². The number of rotatable bonds is 4. The molecule has 1 aromatic heterocycles. The Hall–Kier alpha value is -1.94. The summed E-state index contributed by atoms with van der Waals surface area (Å²) in [6.45, 7) is 0. The van der Waals surface area contributed by atoms with Gasteiger partial charge in [0.05, 0.1) is 10.9 Å². The van der Waals surface area contributed by atoms with E-state index in [2.05, 4.69) is 4.98 Å². The average molecular weight is 280 g/mol. The first-order valence-electron chi connectivity index (χ1n) is 5.64. The van der Waals surface area contributed by atoms with Crippen molar-refractivity contribution in [2.24, 2.45) is 0 Å². The molecule has 0 aliphatic heterocycles. The Morgan fingerprint density at radius 1 is 1.32 bits per heavy atom. The molecular weight excluding hydrogens is 269 g/mol. The van der Waals surface area contributed by atoms with Crippen LogP contribution in [0, 0.1) is 5.82 Å². The van der Waals surface area contributed by atoms with E-state index in [1.54, 1.807) is 12.3 Å². The van der Waals surface area contributed by atoms with Crippen molar-refractivity contribution in [3.05, 3.63) is 64.7 Å². The van der Waals surface area contributed by atoms with Crippen LogP contribution in [0.2, 0.25) is 5.02 Å². The van der Waals surface area contributed by atoms with Crippen LogP contribution in [-0.4, -0.2) is 16.1 Å². The summed E-state index contributed by atoms with van der Waals surface area (Å²) >= 11 is 5.97. The van der Waals surface area contributed by atoms with E-state index < -0.39 is 17.7 Å². The molecule has 19 heavy (non-hydrogen) atoms. The van der Waals surface area contributed by atoms with E-state index in [1.165, 1.54) is 30.5 Å². The third-order valence-corrected chi connectivity index (χ3v) is 3.19. The van der Waals surface area contributed by atoms with Crippen molar-refractivity contribution in [3.8, 4) is 0 Å². The summed E-state index contributed by atoms with van der Waals surface area (Å²) in [6.07, 6.45) is 3.27. The summed E-state index contributed by atoms with van der Waals surface area (Å²) in [5.74, 6) is -2.13. The molecule has 98 valence electrons. The van der Waals surface area contributed by atoms with Crippen molar-refractivity contribution in [3.63, 3.8) is 0 Å². The molecule has 1 atom stereocenters. The van der Waals surface area contributed by atoms with Gasteiger partial charge < -0.3 is 5.11 Å². The lowest BCUT2D eigenvalue weighted by atomic mass is 9.92. The molecule has 0 saturated heterocycles. The Kier molecular flexibility index (Phi) is 4.12. The number of halogens is 2. The third-order valence-electron chi connectivity index (χ3n) is 2.85. The lowest BCUT2D eigenvalue weighted by molar-refractivity contribution is -0.138. The maximum absolute atomic E-state index is 12.9. The van der Waals surface area contributed by atoms with E-state index in [-0.39, 0.29) is 6.42 Å². The Bertz CT molecular complexity index is 586. The maximum atomic E-state index is 12.9. The number of carboxylic acid groups (broad SMARTS) is 1. The number of carbonyl (C=O) groups is 1. The number of aromatic nitrogens is 1. The monoisotopic (exact) mass is 279 g/mol. The van der Waals surface area contributed by atoms with Gasteiger partial charge in [-0.3, -0.25) is 9.78 Å². The zero-order valence-electron chi connectivity index (χ0n) is 9.88. The number of pyridine rings is 1. The fourth-order valence-corrected chi connectivity index (χ4v) is 2.03. The van der Waals surface area contributed by atoms with Crippen LogP contribution >= 0.6 is 11.6 Å². The van der Waals surface area contributed by atoms with Gasteiger partial charge in [0.15, 0.2) is 0 Å². The number of aliphatic carboxylic acids is 1. The summed E-state index contributed by atoms with van der Waals surface area (Å²) in [5.41, 5.74) is 1.25. The van der Waals surface area contributed by atoms with Crippen molar-refractivity contribution in [1.82, 2.24) is 4.98 Å². The second-order valence-corrected chi connectivity index (χ2v) is 4.52. The van der Waals surface area contributed by atoms with E-state index in [0.29, 0.717) is 16.1 Å². The number of hydrogen-bond acceptors (Lipinski definition) is 2. The molecule has 0 radical (unpaired) electrons. The minimum Gasteiger partial charge on any atom is -0.481 e. The molecule has 1 heterocycles. The number of nitrogens with zero attached hydrogens (tertiary/aromatic N) is 1. The fraction of sp³-hybridized carbons (Fsp3) is 0.143. The van der Waals surface area contributed by atoms with E-state index in [0.717, 1.165) is 0 Å². The van der Waals surface area contributed by atoms with Crippen LogP contribution < -0.4 is 0 Å². The van der Waals surface area contributed by atoms with Gasteiger partial charge in [-0.05, 0) is 35.7 Å². The van der Waals surface area contributed by atoms with Gasteiger partial charge in [0.1, 0.15) is 5.82 Å². The van der Waals surface area contributed by atoms with E-state index >= 15 is 0 Å². The van der Waals surface area contributed by atoms with E-state index in [1.807, 2.05) is 0 Å². The molecule has 1 N–H and O–H groups in total. The SMILES string of the molecule is O=C(O)C(Cc1ccncc1Cl)c1ccc(F)cc1. The molecule has 0 bridgehead atoms. The van der Waals surface area contributed by atoms with Crippen LogP contribution in [-0.2, 0) is 11.2 Å². The van der Waals surface area contributed by atoms with Gasteiger partial charge in [-0.15, -0.1) is 0 Å². The Morgan fingerprint density at radius 3 is 2.58 bits per heavy atom. The molecule has 0 saturated carbocycles. The highest BCUT2D eigenvalue weighted by Crippen LogP contribution is 2.25. The van der Waals surface area contributed by atoms with Gasteiger partial charge in [0, 0.05) is 12.4 Å². The lowest BCUT2D eigenvalue weighted by Gasteiger charge is -2.13. The summed E-state index contributed by atoms with van der Waals surface area (Å²) in [4.78, 5) is 15.2. The first-order valence-corrected chi connectivity index (χ1v) is 6.02. The zero-order chi connectivity index (χ0) is 13.8. The molecule has 5 heteroatoms. The number of carboxylic acids is 1. The molecule has 0 aliphatic carbocycles. The third kappa shape index (κ3) is 3.29. The average Bonchev–Trinajstić information content (AvgIpc) is 2.39. The molecule has 0 aliphatic rings. The molecular formula is C14H11ClFNO2. The van der Waals surface area contributed by atoms with Crippen LogP contribution in [0.5, 0.6) is 0 Å². The minimum absolute atomic E-state index is 0.238. The molecule has 1 aromatic carbocycles. The highest BCUT2D eigenvalue weighted by molar-refractivity contribution is 6.31. The quantitative estimate of drug-likeness (QED) is 0.934. The Morgan fingerprint density at radius 2 is 2.00 bits per heavy atom. The standard InChI is InChI=1S/C14H11ClFNO2/c15-13-8-17-6-5-10(13)7-12(14(18)19)9-1-3-11(16)4-2-9/h1-6,8,12H,7H2,(H,18,19). The van der Waals surface area contributed by atoms with Gasteiger partial charge in [0.25, 0.3) is 0 Å². The molecule has 0 amide bonds. The second-order valence-electron chi connectivity index (χ2n) is 4.11. The topological polar surface area (TPSA) is 50.2 Å². The predicted octanol–water partition coefficient (Wildman–Crippen LogP) is 3.29. The van der Waals surface area contributed by atoms with Crippen LogP contribution in [0.25, 0.3) is 0 Å². The summed E-state index contributed by atoms with van der Waals surface area (Å²) in [7, 11) is 0. The van der Waals surface area contributed by atoms with Crippen LogP contribution in [0.1, 0.15) is 17.0 Å². The molecule has 3 nitrogen and oxygen atoms in total. The van der Waals surface area contributed by atoms with Crippen molar-refractivity contribution in [2.75, 3.05) is 0 Å². The normalized spacial score (nSPS) is 12.1. The molecule has 2 rings (SSSR count). The molecule has 0 spiro atoms. The summed E-state index contributed by atoms with van der Waals surface area (Å²) in [5, 5.41) is 9.72. The lowest BCUT2D eigenvalue weighted by Crippen LogP contribution is -2.14. The van der Waals surface area contributed by atoms with Gasteiger partial charge in [-0.2, -0.15) is 0 Å². The smallest absolute Gasteiger partial charge is 0.311 e. The first-order chi connectivity index (χ1) is 9.08. The van der Waals surface area contributed by atoms with Gasteiger partial charge in [-0.1, -0.05) is 23.7 Å². The Labute approximate surface area is 114 Å². The highest BCUT2D eigenvalue weighted by Gasteiger charge is 2.21. The second kappa shape index (κ2) is 5.80. The summed E-state index contributed by atoms with van der Waals surface area (Å²) < 4.78 is 12.9. The van der Waals surface area contributed by atoms with Crippen molar-refractivity contribution in [2.45, 2.75) is 12.3 Å². The zero-order valence-corrected chi connectivity index (χ0v) is 10.6. The minimum atomic E-state index is -0.973. The molecule has 1 unspecified atom stereocenters. The maximum Gasteiger partial charge on any atom is 0.311 e. The Balaban J connectivity index is 2.29. The van der Waals surface area contributed by atoms with Crippen molar-refractivity contribution >= 4 is 17.6 Å². The van der Waals surface area contributed by atoms with Crippen molar-refractivity contribution < 1.29 is 14.3 Å². The fourth-order valence-electron chi connectivity index (χ4n) is 1.83. The predicted molar refractivity (Wildman–Crippen MR) is 69.7 cm³/mol. The van der Waals surface area contributed by atoms with Gasteiger partial charge in [-0.25, -0.2) is 4.39 Å². The van der Waals surface area contributed by atoms with Crippen molar-refractivity contribution in [1.29, 1.82) is 0 Å². The number of hydrogen-bond donors (Lipinski definition) is 1. The van der Waals surface area contributed by atoms with E-state index in [9.17, 15) is 14.3 Å². The first kappa shape index (κ1) is 13.5. The number of benzene rings is 1. The van der Waals surface area contributed by atoms with Crippen LogP contribution in [0.15, 0.2) is 42.7 Å². The van der Waals surface area contributed by atoms with Gasteiger partial charge in [0.2, 0.25) is 0 Å². The summed E-state index contributed by atoms with van der Waals surface area (Å²) in [6, 6.07) is 7.13. The van der Waals surface area contributed by atoms with Gasteiger partial charge >= 0.3 is 5.97 Å². The molecule has 2 aromatic rings. The molecule has 0 fully saturated rings.